The number of imide groups is 1. The molecule has 4 amide bonds. The number of rotatable bonds is 8. The van der Waals surface area contributed by atoms with Gasteiger partial charge >= 0.3 is 0 Å². The SMILES string of the molecule is CNCCCC(=O)N1CCC(NCc2cccc3c2CN(C2CCC(=O)NC2=O)C3=O)CC1. The summed E-state index contributed by atoms with van der Waals surface area (Å²) in [5, 5.41) is 9.02. The molecule has 1 unspecified atom stereocenters. The van der Waals surface area contributed by atoms with Gasteiger partial charge in [0.05, 0.1) is 0 Å². The number of hydrogen-bond donors (Lipinski definition) is 3. The molecule has 0 bridgehead atoms. The van der Waals surface area contributed by atoms with E-state index in [1.165, 1.54) is 0 Å². The molecule has 3 heterocycles. The maximum atomic E-state index is 13.0. The molecule has 0 aliphatic carbocycles. The molecule has 0 saturated carbocycles. The van der Waals surface area contributed by atoms with Crippen molar-refractivity contribution >= 4 is 23.6 Å². The van der Waals surface area contributed by atoms with Gasteiger partial charge in [-0.3, -0.25) is 24.5 Å². The zero-order valence-electron chi connectivity index (χ0n) is 19.2. The molecule has 1 aromatic rings. The average molecular weight is 456 g/mol. The van der Waals surface area contributed by atoms with Crippen LogP contribution in [0.3, 0.4) is 0 Å². The maximum absolute atomic E-state index is 13.0. The third-order valence-electron chi connectivity index (χ3n) is 6.93. The Labute approximate surface area is 194 Å². The fraction of sp³-hybridized carbons (Fsp3) is 0.583. The van der Waals surface area contributed by atoms with E-state index in [9.17, 15) is 19.2 Å². The number of hydrogen-bond acceptors (Lipinski definition) is 6. The smallest absolute Gasteiger partial charge is 0.255 e. The number of benzene rings is 1. The lowest BCUT2D eigenvalue weighted by Crippen LogP contribution is -2.52. The van der Waals surface area contributed by atoms with Gasteiger partial charge in [-0.15, -0.1) is 0 Å². The Balaban J connectivity index is 1.31. The van der Waals surface area contributed by atoms with Crippen molar-refractivity contribution in [3.63, 3.8) is 0 Å². The maximum Gasteiger partial charge on any atom is 0.255 e. The van der Waals surface area contributed by atoms with E-state index in [1.807, 2.05) is 30.1 Å². The van der Waals surface area contributed by atoms with Crippen LogP contribution < -0.4 is 16.0 Å². The minimum absolute atomic E-state index is 0.147. The van der Waals surface area contributed by atoms with Gasteiger partial charge in [-0.2, -0.15) is 0 Å². The summed E-state index contributed by atoms with van der Waals surface area (Å²) >= 11 is 0. The van der Waals surface area contributed by atoms with Gasteiger partial charge in [0.2, 0.25) is 17.7 Å². The highest BCUT2D eigenvalue weighted by Gasteiger charge is 2.39. The van der Waals surface area contributed by atoms with Crippen molar-refractivity contribution in [3.8, 4) is 0 Å². The molecular weight excluding hydrogens is 422 g/mol. The molecular formula is C24H33N5O4. The van der Waals surface area contributed by atoms with Crippen molar-refractivity contribution < 1.29 is 19.2 Å². The second-order valence-electron chi connectivity index (χ2n) is 9.09. The molecule has 1 aromatic carbocycles. The normalized spacial score (nSPS) is 21.4. The molecule has 2 saturated heterocycles. The van der Waals surface area contributed by atoms with Crippen LogP contribution in [0.25, 0.3) is 0 Å². The number of nitrogens with one attached hydrogen (secondary N) is 3. The van der Waals surface area contributed by atoms with E-state index >= 15 is 0 Å². The lowest BCUT2D eigenvalue weighted by molar-refractivity contribution is -0.137. The van der Waals surface area contributed by atoms with Crippen molar-refractivity contribution in [2.45, 2.75) is 63.7 Å². The van der Waals surface area contributed by atoms with E-state index in [0.717, 1.165) is 50.0 Å². The zero-order valence-corrected chi connectivity index (χ0v) is 19.2. The van der Waals surface area contributed by atoms with E-state index in [-0.39, 0.29) is 30.0 Å². The summed E-state index contributed by atoms with van der Waals surface area (Å²) in [7, 11) is 1.89. The van der Waals surface area contributed by atoms with Gasteiger partial charge in [-0.25, -0.2) is 0 Å². The Kier molecular flexibility index (Phi) is 7.39. The first-order valence-electron chi connectivity index (χ1n) is 11.9. The van der Waals surface area contributed by atoms with Crippen LogP contribution in [-0.2, 0) is 27.5 Å². The number of carbonyl (C=O) groups excluding carboxylic acids is 4. The number of piperidine rings is 2. The van der Waals surface area contributed by atoms with Gasteiger partial charge < -0.3 is 20.4 Å². The first kappa shape index (κ1) is 23.4. The monoisotopic (exact) mass is 455 g/mol. The second kappa shape index (κ2) is 10.4. The highest BCUT2D eigenvalue weighted by Crippen LogP contribution is 2.30. The fourth-order valence-electron chi connectivity index (χ4n) is 4.98. The predicted octanol–water partition coefficient (Wildman–Crippen LogP) is 0.528. The third-order valence-corrected chi connectivity index (χ3v) is 6.93. The molecule has 3 aliphatic rings. The molecule has 9 heteroatoms. The second-order valence-corrected chi connectivity index (χ2v) is 9.09. The minimum Gasteiger partial charge on any atom is -0.343 e. The highest BCUT2D eigenvalue weighted by molar-refractivity contribution is 6.05. The van der Waals surface area contributed by atoms with E-state index in [4.69, 9.17) is 0 Å². The summed E-state index contributed by atoms with van der Waals surface area (Å²) in [6, 6.07) is 5.44. The fourth-order valence-corrected chi connectivity index (χ4v) is 4.98. The van der Waals surface area contributed by atoms with Crippen molar-refractivity contribution in [3.05, 3.63) is 34.9 Å². The summed E-state index contributed by atoms with van der Waals surface area (Å²) in [5.41, 5.74) is 2.65. The molecule has 3 N–H and O–H groups in total. The lowest BCUT2D eigenvalue weighted by Gasteiger charge is -2.33. The van der Waals surface area contributed by atoms with E-state index in [2.05, 4.69) is 16.0 Å². The summed E-state index contributed by atoms with van der Waals surface area (Å²) in [4.78, 5) is 52.6. The Morgan fingerprint density at radius 3 is 2.67 bits per heavy atom. The van der Waals surface area contributed by atoms with Crippen molar-refractivity contribution in [1.82, 2.24) is 25.8 Å². The van der Waals surface area contributed by atoms with E-state index < -0.39 is 6.04 Å². The largest absolute Gasteiger partial charge is 0.343 e. The highest BCUT2D eigenvalue weighted by atomic mass is 16.2. The van der Waals surface area contributed by atoms with Gasteiger partial charge in [-0.05, 0) is 56.5 Å². The van der Waals surface area contributed by atoms with Crippen LogP contribution in [0.4, 0.5) is 0 Å². The quantitative estimate of drug-likeness (QED) is 0.390. The van der Waals surface area contributed by atoms with Gasteiger partial charge in [0, 0.05) is 50.6 Å². The van der Waals surface area contributed by atoms with Crippen LogP contribution in [0, 0.1) is 0 Å². The molecule has 1 atom stereocenters. The number of amides is 4. The average Bonchev–Trinajstić information content (AvgIpc) is 3.15. The molecule has 178 valence electrons. The van der Waals surface area contributed by atoms with E-state index in [1.54, 1.807) is 4.90 Å². The first-order valence-corrected chi connectivity index (χ1v) is 11.9. The summed E-state index contributed by atoms with van der Waals surface area (Å²) < 4.78 is 0. The van der Waals surface area contributed by atoms with Crippen molar-refractivity contribution in [1.29, 1.82) is 0 Å². The van der Waals surface area contributed by atoms with Crippen molar-refractivity contribution in [2.24, 2.45) is 0 Å². The molecule has 9 nitrogen and oxygen atoms in total. The predicted molar refractivity (Wildman–Crippen MR) is 122 cm³/mol. The molecule has 0 spiro atoms. The van der Waals surface area contributed by atoms with Gasteiger partial charge in [-0.1, -0.05) is 12.1 Å². The van der Waals surface area contributed by atoms with Gasteiger partial charge in [0.15, 0.2) is 0 Å². The standard InChI is InChI=1S/C24H33N5O4/c1-25-11-3-6-22(31)28-12-9-17(10-13-28)26-14-16-4-2-5-18-19(16)15-29(24(18)33)20-7-8-21(30)27-23(20)32/h2,4-5,17,20,25-26H,3,6-15H2,1H3,(H,27,30,32). The molecule has 2 fully saturated rings. The summed E-state index contributed by atoms with van der Waals surface area (Å²) in [5.74, 6) is -0.585. The third kappa shape index (κ3) is 5.25. The number of fused-ring (bicyclic) bond motifs is 1. The van der Waals surface area contributed by atoms with Crippen LogP contribution in [0.2, 0.25) is 0 Å². The van der Waals surface area contributed by atoms with Crippen LogP contribution in [-0.4, -0.2) is 72.2 Å². The van der Waals surface area contributed by atoms with Crippen LogP contribution >= 0.6 is 0 Å². The topological polar surface area (TPSA) is 111 Å². The summed E-state index contributed by atoms with van der Waals surface area (Å²) in [6.45, 7) is 3.42. The zero-order chi connectivity index (χ0) is 23.4. The molecule has 3 aliphatic heterocycles. The van der Waals surface area contributed by atoms with Crippen LogP contribution in [0.1, 0.15) is 60.0 Å². The Bertz CT molecular complexity index is 925. The van der Waals surface area contributed by atoms with Crippen molar-refractivity contribution in [2.75, 3.05) is 26.7 Å². The Morgan fingerprint density at radius 1 is 1.15 bits per heavy atom. The van der Waals surface area contributed by atoms with E-state index in [0.29, 0.717) is 37.5 Å². The lowest BCUT2D eigenvalue weighted by atomic mass is 10.0. The van der Waals surface area contributed by atoms with Crippen LogP contribution in [0.5, 0.6) is 0 Å². The number of carbonyl (C=O) groups is 4. The van der Waals surface area contributed by atoms with Crippen LogP contribution in [0.15, 0.2) is 18.2 Å². The minimum atomic E-state index is -0.599. The molecule has 33 heavy (non-hydrogen) atoms. The molecule has 4 rings (SSSR count). The molecule has 0 radical (unpaired) electrons. The number of likely N-dealkylation sites (tertiary alicyclic amines) is 1. The first-order chi connectivity index (χ1) is 16.0. The summed E-state index contributed by atoms with van der Waals surface area (Å²) in [6.07, 6.45) is 3.89. The Morgan fingerprint density at radius 2 is 1.94 bits per heavy atom. The molecule has 0 aromatic heterocycles. The number of nitrogens with zero attached hydrogens (tertiary/aromatic N) is 2. The van der Waals surface area contributed by atoms with Gasteiger partial charge in [0.25, 0.3) is 5.91 Å². The Hall–Kier alpha value is -2.78. The van der Waals surface area contributed by atoms with Gasteiger partial charge in [0.1, 0.15) is 6.04 Å².